The first-order valence-electron chi connectivity index (χ1n) is 22.7. The van der Waals surface area contributed by atoms with Crippen LogP contribution in [0.4, 0.5) is 4.39 Å². The highest BCUT2D eigenvalue weighted by molar-refractivity contribution is 7.80. The number of thiol groups is 1. The molecule has 3 aromatic rings. The van der Waals surface area contributed by atoms with E-state index >= 15 is 4.79 Å². The third-order valence-electron chi connectivity index (χ3n) is 14.3. The van der Waals surface area contributed by atoms with E-state index in [1.807, 2.05) is 0 Å². The minimum absolute atomic E-state index is 0.0224. The summed E-state index contributed by atoms with van der Waals surface area (Å²) in [6.45, 7) is 11.4. The first-order valence-corrected chi connectivity index (χ1v) is 23.3. The number of amides is 1. The average molecular weight is 946 g/mol. The minimum Gasteiger partial charge on any atom is -0.456 e. The van der Waals surface area contributed by atoms with E-state index in [9.17, 15) is 28.7 Å². The topological polar surface area (TPSA) is 182 Å². The summed E-state index contributed by atoms with van der Waals surface area (Å²) < 4.78 is 58.7. The molecule has 3 fully saturated rings. The van der Waals surface area contributed by atoms with Gasteiger partial charge < -0.3 is 43.6 Å². The normalized spacial score (nSPS) is 30.5. The van der Waals surface area contributed by atoms with Gasteiger partial charge in [-0.15, -0.1) is 0 Å². The number of ether oxygens (including phenoxy) is 7. The number of fused-ring (bicyclic) bond motifs is 5. The summed E-state index contributed by atoms with van der Waals surface area (Å²) in [7, 11) is 0. The molecule has 1 heterocycles. The van der Waals surface area contributed by atoms with Gasteiger partial charge in [-0.25, -0.2) is 14.0 Å². The van der Waals surface area contributed by atoms with Crippen molar-refractivity contribution in [3.8, 4) is 0 Å². The second-order valence-corrected chi connectivity index (χ2v) is 18.8. The number of rotatable bonds is 16. The van der Waals surface area contributed by atoms with Crippen LogP contribution in [-0.2, 0) is 47.5 Å². The Morgan fingerprint density at radius 3 is 2.15 bits per heavy atom. The lowest BCUT2D eigenvalue weighted by molar-refractivity contribution is -0.348. The monoisotopic (exact) mass is 945 g/mol. The fourth-order valence-electron chi connectivity index (χ4n) is 11.0. The molecule has 1 aliphatic heterocycles. The summed E-state index contributed by atoms with van der Waals surface area (Å²) in [5.74, 6) is -5.37. The van der Waals surface area contributed by atoms with Crippen LogP contribution in [0.5, 0.6) is 0 Å². The molecule has 16 heteroatoms. The number of hydrogen-bond donors (Lipinski definition) is 3. The summed E-state index contributed by atoms with van der Waals surface area (Å²) >= 11 is 4.42. The smallest absolute Gasteiger partial charge is 0.338 e. The summed E-state index contributed by atoms with van der Waals surface area (Å²) in [5.41, 5.74) is -5.72. The van der Waals surface area contributed by atoms with Crippen molar-refractivity contribution in [3.63, 3.8) is 0 Å². The average Bonchev–Trinajstić information content (AvgIpc) is 3.30. The molecular formula is C51H60FNO13S. The van der Waals surface area contributed by atoms with Gasteiger partial charge in [0.15, 0.2) is 17.5 Å². The lowest BCUT2D eigenvalue weighted by Gasteiger charge is -2.68. The number of carbonyl (C=O) groups is 5. The Hall–Kier alpha value is -4.97. The SMILES string of the molecule is CCO[C@H]1C[C@H]2OC[C@@]2(OC(C)=O)C2[C@H](OC(=O)c3ccc(F)cc3)[C@]3(O)C[C@H](OC(=O)[C@H](OCC)[C@@H](NC(=O)c4ccccc4)c4ccccc4)C(C)=C([C@@H](OCCS)C(=O)[C@@]21C)C3(C)C. The lowest BCUT2D eigenvalue weighted by atomic mass is 9.44. The zero-order valence-corrected chi connectivity index (χ0v) is 39.7. The first kappa shape index (κ1) is 49.9. The van der Waals surface area contributed by atoms with E-state index in [1.165, 1.54) is 19.1 Å². The van der Waals surface area contributed by atoms with Crippen molar-refractivity contribution in [1.82, 2.24) is 5.32 Å². The van der Waals surface area contributed by atoms with Gasteiger partial charge in [0, 0.05) is 49.7 Å². The Balaban J connectivity index is 1.42. The molecule has 0 radical (unpaired) electrons. The molecule has 3 aromatic carbocycles. The van der Waals surface area contributed by atoms with E-state index in [4.69, 9.17) is 33.2 Å². The van der Waals surface area contributed by atoms with Gasteiger partial charge in [0.05, 0.1) is 42.3 Å². The molecule has 3 aliphatic carbocycles. The molecule has 360 valence electrons. The summed E-state index contributed by atoms with van der Waals surface area (Å²) in [6, 6.07) is 20.9. The molecule has 2 N–H and O–H groups in total. The fourth-order valence-corrected chi connectivity index (χ4v) is 11.1. The fraction of sp³-hybridized carbons (Fsp3) is 0.510. The predicted octanol–water partition coefficient (Wildman–Crippen LogP) is 6.35. The Kier molecular flexibility index (Phi) is 14.9. The molecule has 1 unspecified atom stereocenters. The summed E-state index contributed by atoms with van der Waals surface area (Å²) in [5, 5.41) is 17.0. The number of benzene rings is 3. The minimum atomic E-state index is -2.28. The Morgan fingerprint density at radius 1 is 0.910 bits per heavy atom. The number of aliphatic hydroxyl groups is 1. The number of ketones is 1. The van der Waals surface area contributed by atoms with E-state index < -0.39 is 112 Å². The molecule has 1 amide bonds. The third kappa shape index (κ3) is 8.96. The van der Waals surface area contributed by atoms with E-state index in [0.717, 1.165) is 12.1 Å². The Bertz CT molecular complexity index is 2350. The Labute approximate surface area is 395 Å². The summed E-state index contributed by atoms with van der Waals surface area (Å²) in [4.78, 5) is 72.5. The van der Waals surface area contributed by atoms with E-state index in [-0.39, 0.29) is 49.7 Å². The van der Waals surface area contributed by atoms with Crippen LogP contribution in [0.2, 0.25) is 0 Å². The van der Waals surface area contributed by atoms with Gasteiger partial charge in [-0.1, -0.05) is 62.4 Å². The van der Waals surface area contributed by atoms with Crippen molar-refractivity contribution >= 4 is 42.2 Å². The zero-order valence-electron chi connectivity index (χ0n) is 38.8. The summed E-state index contributed by atoms with van der Waals surface area (Å²) in [6.07, 6.45) is -8.05. The van der Waals surface area contributed by atoms with Gasteiger partial charge in [0.1, 0.15) is 35.8 Å². The number of nitrogens with one attached hydrogen (secondary N) is 1. The molecule has 1 saturated heterocycles. The molecule has 0 spiro atoms. The molecule has 2 saturated carbocycles. The molecule has 7 rings (SSSR count). The Morgan fingerprint density at radius 2 is 1.57 bits per heavy atom. The number of halogens is 1. The number of hydrogen-bond acceptors (Lipinski definition) is 14. The third-order valence-corrected chi connectivity index (χ3v) is 14.5. The van der Waals surface area contributed by atoms with E-state index in [2.05, 4.69) is 17.9 Å². The van der Waals surface area contributed by atoms with Crippen LogP contribution < -0.4 is 5.32 Å². The van der Waals surface area contributed by atoms with Crippen molar-refractivity contribution in [2.45, 2.75) is 115 Å². The highest BCUT2D eigenvalue weighted by Crippen LogP contribution is 2.65. The van der Waals surface area contributed by atoms with Crippen LogP contribution in [0, 0.1) is 22.6 Å². The highest BCUT2D eigenvalue weighted by Gasteiger charge is 2.78. The number of carbonyl (C=O) groups excluding carboxylic acids is 5. The molecule has 4 aliphatic rings. The van der Waals surface area contributed by atoms with Gasteiger partial charge in [-0.05, 0) is 80.8 Å². The molecular weight excluding hydrogens is 886 g/mol. The van der Waals surface area contributed by atoms with Crippen LogP contribution in [0.25, 0.3) is 0 Å². The van der Waals surface area contributed by atoms with Crippen LogP contribution in [0.1, 0.15) is 93.6 Å². The maximum atomic E-state index is 16.0. The molecule has 14 nitrogen and oxygen atoms in total. The molecule has 0 aromatic heterocycles. The van der Waals surface area contributed by atoms with Crippen molar-refractivity contribution in [2.75, 3.05) is 32.2 Å². The van der Waals surface area contributed by atoms with E-state index in [1.54, 1.807) is 102 Å². The molecule has 11 atom stereocenters. The maximum absolute atomic E-state index is 16.0. The molecule has 2 bridgehead atoms. The van der Waals surface area contributed by atoms with Crippen molar-refractivity contribution in [1.29, 1.82) is 0 Å². The van der Waals surface area contributed by atoms with Crippen molar-refractivity contribution in [2.24, 2.45) is 16.7 Å². The van der Waals surface area contributed by atoms with Gasteiger partial charge in [0.2, 0.25) is 0 Å². The standard InChI is InChI=1S/C51H60FNO13S/c1-8-60-36-26-37-50(28-63-37,66-30(4)54)42-44(65-46(57)33-20-22-34(52)23-21-33)51(59)27-35(29(3)38(48(51,5)6)40(62-24-25-67)43(55)49(36,42)7)64-47(58)41(61-9-2)39(31-16-12-10-13-17-31)53-45(56)32-18-14-11-15-19-32/h10-23,35-37,39-42,44,59,67H,8-9,24-28H2,1-7H3,(H,53,56)/t35-,36-,37+,39-,40+,41+,42?,44-,49+,50-,51+/m0/s1. The van der Waals surface area contributed by atoms with Crippen LogP contribution in [-0.4, -0.2) is 115 Å². The maximum Gasteiger partial charge on any atom is 0.338 e. The van der Waals surface area contributed by atoms with Gasteiger partial charge in [-0.2, -0.15) is 12.6 Å². The van der Waals surface area contributed by atoms with Crippen molar-refractivity contribution < 1.29 is 66.6 Å². The van der Waals surface area contributed by atoms with Crippen LogP contribution >= 0.6 is 12.6 Å². The lowest BCUT2D eigenvalue weighted by Crippen LogP contribution is -2.82. The van der Waals surface area contributed by atoms with Crippen LogP contribution in [0.15, 0.2) is 96.1 Å². The zero-order chi connectivity index (χ0) is 48.5. The quantitative estimate of drug-likeness (QED) is 0.0627. The van der Waals surface area contributed by atoms with Gasteiger partial charge in [-0.3, -0.25) is 14.4 Å². The number of Topliss-reactive ketones (excluding diaryl/α,β-unsaturated/α-hetero) is 1. The van der Waals surface area contributed by atoms with E-state index in [0.29, 0.717) is 16.7 Å². The van der Waals surface area contributed by atoms with Gasteiger partial charge >= 0.3 is 17.9 Å². The van der Waals surface area contributed by atoms with Gasteiger partial charge in [0.25, 0.3) is 5.91 Å². The first-order chi connectivity index (χ1) is 31.9. The second-order valence-electron chi connectivity index (χ2n) is 18.3. The highest BCUT2D eigenvalue weighted by atomic mass is 32.1. The largest absolute Gasteiger partial charge is 0.456 e. The predicted molar refractivity (Wildman–Crippen MR) is 245 cm³/mol. The number of esters is 3. The van der Waals surface area contributed by atoms with Crippen molar-refractivity contribution in [3.05, 3.63) is 119 Å². The second kappa shape index (κ2) is 19.9. The van der Waals surface area contributed by atoms with Crippen LogP contribution in [0.3, 0.4) is 0 Å². The molecule has 67 heavy (non-hydrogen) atoms.